The molecule has 1 atom stereocenters. The molecule has 1 N–H and O–H groups in total. The monoisotopic (exact) mass is 498 g/mol. The van der Waals surface area contributed by atoms with Gasteiger partial charge in [-0.05, 0) is 25.3 Å². The Morgan fingerprint density at radius 2 is 2.00 bits per heavy atom. The number of Topliss-reactive ketones (excluding diaryl/α,β-unsaturated/α-hetero) is 1. The Hall–Kier alpha value is -3.81. The van der Waals surface area contributed by atoms with Crippen molar-refractivity contribution >= 4 is 35.1 Å². The Morgan fingerprint density at radius 3 is 2.70 bits per heavy atom. The van der Waals surface area contributed by atoms with Gasteiger partial charge in [-0.3, -0.25) is 14.6 Å². The van der Waals surface area contributed by atoms with E-state index in [9.17, 15) is 9.59 Å². The molecule has 4 heterocycles. The Kier molecular flexibility index (Phi) is 7.17. The molecule has 0 bridgehead atoms. The molecular formula is C29H34N6O2. The van der Waals surface area contributed by atoms with Crippen molar-refractivity contribution in [2.24, 2.45) is 4.99 Å². The number of amides is 1. The third-order valence-corrected chi connectivity index (χ3v) is 7.43. The lowest BCUT2D eigenvalue weighted by atomic mass is 9.88. The first-order valence-electron chi connectivity index (χ1n) is 13.2. The normalized spacial score (nSPS) is 17.8. The molecule has 1 saturated heterocycles. The lowest BCUT2D eigenvalue weighted by molar-refractivity contribution is -0.131. The highest BCUT2D eigenvalue weighted by atomic mass is 16.2. The second-order valence-electron chi connectivity index (χ2n) is 9.77. The lowest BCUT2D eigenvalue weighted by Crippen LogP contribution is -2.38. The van der Waals surface area contributed by atoms with Crippen LogP contribution in [0.1, 0.15) is 85.5 Å². The van der Waals surface area contributed by atoms with E-state index in [1.54, 1.807) is 4.52 Å². The van der Waals surface area contributed by atoms with Crippen LogP contribution in [0, 0.1) is 0 Å². The summed E-state index contributed by atoms with van der Waals surface area (Å²) in [6.45, 7) is 7.95. The largest absolute Gasteiger partial charge is 0.369 e. The summed E-state index contributed by atoms with van der Waals surface area (Å²) in [5.74, 6) is 1.12. The van der Waals surface area contributed by atoms with Gasteiger partial charge in [0.2, 0.25) is 5.91 Å². The number of hydrogen-bond donors (Lipinski definition) is 1. The minimum atomic E-state index is -0.0297. The molecule has 0 aliphatic carbocycles. The summed E-state index contributed by atoms with van der Waals surface area (Å²) in [5, 5.41) is 8.05. The van der Waals surface area contributed by atoms with Crippen LogP contribution < -0.4 is 5.32 Å². The maximum atomic E-state index is 13.1. The van der Waals surface area contributed by atoms with Crippen LogP contribution in [-0.4, -0.2) is 57.0 Å². The van der Waals surface area contributed by atoms with E-state index in [-0.39, 0.29) is 23.5 Å². The van der Waals surface area contributed by atoms with E-state index in [0.29, 0.717) is 38.0 Å². The number of ketones is 1. The van der Waals surface area contributed by atoms with Gasteiger partial charge in [-0.15, -0.1) is 0 Å². The van der Waals surface area contributed by atoms with Gasteiger partial charge in [0.25, 0.3) is 0 Å². The number of piperidine rings is 1. The Bertz CT molecular complexity index is 1370. The number of fused-ring (bicyclic) bond motifs is 3. The van der Waals surface area contributed by atoms with Gasteiger partial charge in [-0.25, -0.2) is 4.98 Å². The molecule has 1 fully saturated rings. The first-order valence-corrected chi connectivity index (χ1v) is 13.2. The van der Waals surface area contributed by atoms with E-state index in [4.69, 9.17) is 9.98 Å². The van der Waals surface area contributed by atoms with Crippen molar-refractivity contribution in [3.63, 3.8) is 0 Å². The number of benzene rings is 1. The van der Waals surface area contributed by atoms with Crippen LogP contribution in [0.5, 0.6) is 0 Å². The van der Waals surface area contributed by atoms with Gasteiger partial charge in [-0.1, -0.05) is 50.3 Å². The molecule has 0 spiro atoms. The minimum Gasteiger partial charge on any atom is -0.369 e. The minimum absolute atomic E-state index is 0.0297. The Morgan fingerprint density at radius 1 is 1.24 bits per heavy atom. The zero-order chi connectivity index (χ0) is 25.9. The van der Waals surface area contributed by atoms with E-state index in [0.717, 1.165) is 46.8 Å². The predicted octanol–water partition coefficient (Wildman–Crippen LogP) is 5.08. The predicted molar refractivity (Wildman–Crippen MR) is 146 cm³/mol. The zero-order valence-electron chi connectivity index (χ0n) is 21.8. The summed E-state index contributed by atoms with van der Waals surface area (Å²) in [6.07, 6.45) is 8.35. The summed E-state index contributed by atoms with van der Waals surface area (Å²) in [4.78, 5) is 37.1. The second-order valence-corrected chi connectivity index (χ2v) is 9.77. The molecule has 1 amide bonds. The number of nitrogens with zero attached hydrogens (tertiary/aromatic N) is 5. The Balaban J connectivity index is 1.50. The molecule has 2 aliphatic rings. The number of carbonyl (C=O) groups is 2. The molecule has 192 valence electrons. The number of carbonyl (C=O) groups excluding carboxylic acids is 2. The highest BCUT2D eigenvalue weighted by Gasteiger charge is 2.33. The van der Waals surface area contributed by atoms with E-state index in [1.807, 2.05) is 55.4 Å². The van der Waals surface area contributed by atoms with Crippen LogP contribution >= 0.6 is 0 Å². The molecule has 1 aromatic carbocycles. The fraction of sp³-hybridized carbons (Fsp3) is 0.414. The van der Waals surface area contributed by atoms with Crippen molar-refractivity contribution in [1.82, 2.24) is 19.5 Å². The van der Waals surface area contributed by atoms with Crippen LogP contribution in [-0.2, 0) is 4.79 Å². The number of aliphatic imine (C=N–C) groups is 1. The number of rotatable bonds is 6. The fourth-order valence-electron chi connectivity index (χ4n) is 5.32. The summed E-state index contributed by atoms with van der Waals surface area (Å²) in [6, 6.07) is 10.1. The molecule has 3 aromatic rings. The maximum absolute atomic E-state index is 13.1. The molecule has 0 saturated carbocycles. The molecule has 2 aromatic heterocycles. The van der Waals surface area contributed by atoms with Crippen LogP contribution in [0.2, 0.25) is 0 Å². The SMILES string of the molecule is C/C=C(\N=CC(C)c1cnn2c3c(c(C4CCN(C(=O)CC)CC4)nc12)C(=O)CCN3)c1ccccc1. The number of allylic oxidation sites excluding steroid dienone is 1. The third-order valence-electron chi connectivity index (χ3n) is 7.43. The van der Waals surface area contributed by atoms with Crippen molar-refractivity contribution in [1.29, 1.82) is 0 Å². The van der Waals surface area contributed by atoms with Gasteiger partial charge in [0.05, 0.1) is 23.2 Å². The average molecular weight is 499 g/mol. The quantitative estimate of drug-likeness (QED) is 0.479. The molecule has 8 nitrogen and oxygen atoms in total. The number of hydrogen-bond acceptors (Lipinski definition) is 6. The maximum Gasteiger partial charge on any atom is 0.222 e. The van der Waals surface area contributed by atoms with Gasteiger partial charge in [0, 0.05) is 56.1 Å². The van der Waals surface area contributed by atoms with Crippen LogP contribution in [0.3, 0.4) is 0 Å². The molecule has 0 radical (unpaired) electrons. The highest BCUT2D eigenvalue weighted by Crippen LogP contribution is 2.36. The molecular weight excluding hydrogens is 464 g/mol. The van der Waals surface area contributed by atoms with Gasteiger partial charge in [0.1, 0.15) is 5.82 Å². The van der Waals surface area contributed by atoms with E-state index >= 15 is 0 Å². The molecule has 1 unspecified atom stereocenters. The first kappa shape index (κ1) is 24.9. The third kappa shape index (κ3) is 4.80. The molecule has 5 rings (SSSR count). The van der Waals surface area contributed by atoms with Crippen molar-refractivity contribution in [3.05, 3.63) is 65.0 Å². The lowest BCUT2D eigenvalue weighted by Gasteiger charge is -2.33. The smallest absolute Gasteiger partial charge is 0.222 e. The van der Waals surface area contributed by atoms with Crippen molar-refractivity contribution in [2.45, 2.75) is 58.3 Å². The second kappa shape index (κ2) is 10.7. The van der Waals surface area contributed by atoms with Gasteiger partial charge >= 0.3 is 0 Å². The summed E-state index contributed by atoms with van der Waals surface area (Å²) in [7, 11) is 0. The van der Waals surface area contributed by atoms with Crippen LogP contribution in [0.25, 0.3) is 11.3 Å². The zero-order valence-corrected chi connectivity index (χ0v) is 21.8. The number of anilines is 1. The average Bonchev–Trinajstić information content (AvgIpc) is 3.38. The van der Waals surface area contributed by atoms with Crippen LogP contribution in [0.4, 0.5) is 5.82 Å². The topological polar surface area (TPSA) is 92.0 Å². The van der Waals surface area contributed by atoms with Crippen molar-refractivity contribution in [2.75, 3.05) is 25.0 Å². The summed E-state index contributed by atoms with van der Waals surface area (Å²) in [5.41, 5.74) is 5.20. The van der Waals surface area contributed by atoms with Gasteiger partial charge < -0.3 is 10.2 Å². The first-order chi connectivity index (χ1) is 18.0. The van der Waals surface area contributed by atoms with Crippen molar-refractivity contribution < 1.29 is 9.59 Å². The van der Waals surface area contributed by atoms with E-state index in [1.165, 1.54) is 0 Å². The summed E-state index contributed by atoms with van der Waals surface area (Å²) >= 11 is 0. The fourth-order valence-corrected chi connectivity index (χ4v) is 5.32. The number of aromatic nitrogens is 3. The molecule has 8 heteroatoms. The Labute approximate surface area is 217 Å². The van der Waals surface area contributed by atoms with Crippen molar-refractivity contribution in [3.8, 4) is 0 Å². The number of nitrogens with one attached hydrogen (secondary N) is 1. The molecule has 2 aliphatic heterocycles. The molecule has 37 heavy (non-hydrogen) atoms. The van der Waals surface area contributed by atoms with Crippen LogP contribution in [0.15, 0.2) is 47.6 Å². The van der Waals surface area contributed by atoms with E-state index in [2.05, 4.69) is 29.5 Å². The highest BCUT2D eigenvalue weighted by molar-refractivity contribution is 6.04. The summed E-state index contributed by atoms with van der Waals surface area (Å²) < 4.78 is 1.78. The van der Waals surface area contributed by atoms with Gasteiger partial charge in [0.15, 0.2) is 11.4 Å². The van der Waals surface area contributed by atoms with E-state index < -0.39 is 0 Å². The standard InChI is InChI=1S/C29H34N6O2/c1-4-23(20-9-7-6-8-10-20)31-17-19(3)22-18-32-35-28(22)33-27(26-24(36)11-14-30-29(26)35)21-12-15-34(16-13-21)25(37)5-2/h4,6-10,17-19,21,30H,5,11-16H2,1-3H3/b23-4-,31-17?. The number of likely N-dealkylation sites (tertiary alicyclic amines) is 1. The van der Waals surface area contributed by atoms with Gasteiger partial charge in [-0.2, -0.15) is 9.61 Å².